The first kappa shape index (κ1) is 17.1. The Morgan fingerprint density at radius 2 is 2.00 bits per heavy atom. The number of carboxylic acid groups (broad SMARTS) is 1. The van der Waals surface area contributed by atoms with Crippen molar-refractivity contribution in [3.63, 3.8) is 0 Å². The van der Waals surface area contributed by atoms with Crippen molar-refractivity contribution in [1.29, 1.82) is 0 Å². The number of aliphatic carboxylic acids is 1. The zero-order chi connectivity index (χ0) is 15.8. The van der Waals surface area contributed by atoms with Gasteiger partial charge in [0.2, 0.25) is 5.91 Å². The van der Waals surface area contributed by atoms with Crippen molar-refractivity contribution in [2.45, 2.75) is 19.9 Å². The maximum atomic E-state index is 11.1. The lowest BCUT2D eigenvalue weighted by atomic mass is 10.2. The van der Waals surface area contributed by atoms with E-state index in [0.29, 0.717) is 30.5 Å². The first-order valence-electron chi connectivity index (χ1n) is 6.38. The van der Waals surface area contributed by atoms with E-state index in [1.165, 1.54) is 18.3 Å². The molecule has 114 valence electrons. The molecule has 0 aliphatic carbocycles. The number of aromatic nitrogens is 1. The van der Waals surface area contributed by atoms with E-state index in [1.54, 1.807) is 12.2 Å². The fourth-order valence-electron chi connectivity index (χ4n) is 1.76. The molecule has 1 aromatic heterocycles. The summed E-state index contributed by atoms with van der Waals surface area (Å²) < 4.78 is 0. The van der Waals surface area contributed by atoms with Crippen LogP contribution in [-0.2, 0) is 22.6 Å². The number of hydrogen-bond donors (Lipinski definition) is 2. The number of amides is 1. The maximum Gasteiger partial charge on any atom is 0.309 e. The molecule has 7 heteroatoms. The van der Waals surface area contributed by atoms with Crippen LogP contribution < -0.4 is 5.32 Å². The Balaban J connectivity index is 2.97. The Morgan fingerprint density at radius 3 is 2.48 bits per heavy atom. The van der Waals surface area contributed by atoms with E-state index in [1.807, 2.05) is 0 Å². The Bertz CT molecular complexity index is 530. The second-order valence-corrected chi connectivity index (χ2v) is 5.50. The molecule has 0 saturated heterocycles. The largest absolute Gasteiger partial charge is 0.481 e. The lowest BCUT2D eigenvalue weighted by molar-refractivity contribution is -0.136. The number of nitrogens with one attached hydrogen (secondary N) is 1. The number of anilines is 1. The molecular weight excluding hydrogens is 290 g/mol. The molecule has 0 saturated carbocycles. The highest BCUT2D eigenvalue weighted by molar-refractivity contribution is 7.15. The maximum absolute atomic E-state index is 11.1. The quantitative estimate of drug-likeness (QED) is 0.681. The van der Waals surface area contributed by atoms with E-state index in [4.69, 9.17) is 5.11 Å². The Labute approximate surface area is 127 Å². The Morgan fingerprint density at radius 1 is 1.38 bits per heavy atom. The molecule has 1 amide bonds. The number of carbonyl (C=O) groups is 2. The summed E-state index contributed by atoms with van der Waals surface area (Å²) in [5.41, 5.74) is 0.481. The van der Waals surface area contributed by atoms with Crippen molar-refractivity contribution in [2.24, 2.45) is 0 Å². The zero-order valence-corrected chi connectivity index (χ0v) is 12.8. The van der Waals surface area contributed by atoms with Gasteiger partial charge in [-0.15, -0.1) is 24.5 Å². The van der Waals surface area contributed by atoms with Crippen LogP contribution in [0.3, 0.4) is 0 Å². The van der Waals surface area contributed by atoms with Crippen LogP contribution >= 0.6 is 11.3 Å². The van der Waals surface area contributed by atoms with Gasteiger partial charge in [-0.3, -0.25) is 14.5 Å². The third-order valence-electron chi connectivity index (χ3n) is 2.52. The lowest BCUT2D eigenvalue weighted by Crippen LogP contribution is -2.23. The molecule has 0 aromatic carbocycles. The lowest BCUT2D eigenvalue weighted by Gasteiger charge is -2.17. The molecular formula is C14H19N3O3S. The van der Waals surface area contributed by atoms with E-state index in [2.05, 4.69) is 28.4 Å². The molecule has 6 nitrogen and oxygen atoms in total. The van der Waals surface area contributed by atoms with Gasteiger partial charge in [0.05, 0.1) is 12.1 Å². The number of rotatable bonds is 9. The molecule has 0 spiro atoms. The summed E-state index contributed by atoms with van der Waals surface area (Å²) in [5.74, 6) is -1.18. The van der Waals surface area contributed by atoms with Gasteiger partial charge in [-0.1, -0.05) is 12.2 Å². The molecule has 0 aliphatic heterocycles. The third-order valence-corrected chi connectivity index (χ3v) is 3.52. The van der Waals surface area contributed by atoms with Gasteiger partial charge in [0.15, 0.2) is 5.13 Å². The van der Waals surface area contributed by atoms with E-state index >= 15 is 0 Å². The monoisotopic (exact) mass is 309 g/mol. The minimum Gasteiger partial charge on any atom is -0.481 e. The van der Waals surface area contributed by atoms with Crippen LogP contribution in [0.15, 0.2) is 25.3 Å². The van der Waals surface area contributed by atoms with Crippen LogP contribution in [-0.4, -0.2) is 40.0 Å². The molecule has 0 aliphatic rings. The third kappa shape index (κ3) is 5.88. The van der Waals surface area contributed by atoms with Crippen molar-refractivity contribution in [2.75, 3.05) is 18.4 Å². The smallest absolute Gasteiger partial charge is 0.309 e. The number of carbonyl (C=O) groups excluding carboxylic acids is 1. The van der Waals surface area contributed by atoms with Gasteiger partial charge >= 0.3 is 5.97 Å². The number of thiazole rings is 1. The molecule has 0 atom stereocenters. The second-order valence-electron chi connectivity index (χ2n) is 4.41. The Kier molecular flexibility index (Phi) is 6.77. The summed E-state index contributed by atoms with van der Waals surface area (Å²) >= 11 is 1.29. The summed E-state index contributed by atoms with van der Waals surface area (Å²) in [7, 11) is 0. The van der Waals surface area contributed by atoms with Crippen LogP contribution in [0.5, 0.6) is 0 Å². The molecule has 1 heterocycles. The van der Waals surface area contributed by atoms with Crippen LogP contribution in [0.1, 0.15) is 17.5 Å². The molecule has 0 bridgehead atoms. The van der Waals surface area contributed by atoms with Crippen molar-refractivity contribution >= 4 is 28.3 Å². The highest BCUT2D eigenvalue weighted by Crippen LogP contribution is 2.25. The summed E-state index contributed by atoms with van der Waals surface area (Å²) in [6.07, 6.45) is 3.38. The summed E-state index contributed by atoms with van der Waals surface area (Å²) in [5, 5.41) is 12.0. The SMILES string of the molecule is C=CCN(CC=C)Cc1sc(NC(C)=O)nc1CC(=O)O. The molecule has 0 unspecified atom stereocenters. The van der Waals surface area contributed by atoms with Gasteiger partial charge in [0.25, 0.3) is 0 Å². The van der Waals surface area contributed by atoms with Crippen molar-refractivity contribution in [3.8, 4) is 0 Å². The molecule has 1 rings (SSSR count). The molecule has 2 N–H and O–H groups in total. The second kappa shape index (κ2) is 8.33. The Hall–Kier alpha value is -1.99. The fraction of sp³-hybridized carbons (Fsp3) is 0.357. The minimum atomic E-state index is -0.949. The standard InChI is InChI=1S/C14H19N3O3S/c1-4-6-17(7-5-2)9-12-11(8-13(19)20)16-14(21-12)15-10(3)18/h4-5H,1-2,6-9H2,3H3,(H,19,20)(H,15,16,18). The number of nitrogens with zero attached hydrogens (tertiary/aromatic N) is 2. The highest BCUT2D eigenvalue weighted by atomic mass is 32.1. The topological polar surface area (TPSA) is 82.5 Å². The predicted octanol–water partition coefficient (Wildman–Crippen LogP) is 1.90. The van der Waals surface area contributed by atoms with Crippen molar-refractivity contribution in [3.05, 3.63) is 35.9 Å². The predicted molar refractivity (Wildman–Crippen MR) is 83.4 cm³/mol. The summed E-state index contributed by atoms with van der Waals surface area (Å²) in [6, 6.07) is 0. The van der Waals surface area contributed by atoms with Crippen LogP contribution in [0.25, 0.3) is 0 Å². The van der Waals surface area contributed by atoms with Crippen molar-refractivity contribution < 1.29 is 14.7 Å². The van der Waals surface area contributed by atoms with Crippen LogP contribution in [0.2, 0.25) is 0 Å². The normalized spacial score (nSPS) is 10.4. The summed E-state index contributed by atoms with van der Waals surface area (Å²) in [6.45, 7) is 10.6. The number of carboxylic acids is 1. The molecule has 21 heavy (non-hydrogen) atoms. The van der Waals surface area contributed by atoms with Crippen LogP contribution in [0, 0.1) is 0 Å². The fourth-order valence-corrected chi connectivity index (χ4v) is 2.83. The van der Waals surface area contributed by atoms with Gasteiger partial charge in [-0.2, -0.15) is 0 Å². The van der Waals surface area contributed by atoms with E-state index < -0.39 is 5.97 Å². The van der Waals surface area contributed by atoms with E-state index in [-0.39, 0.29) is 12.3 Å². The molecule has 0 fully saturated rings. The minimum absolute atomic E-state index is 0.165. The van der Waals surface area contributed by atoms with Gasteiger partial charge in [0.1, 0.15) is 0 Å². The van der Waals surface area contributed by atoms with Gasteiger partial charge in [0, 0.05) is 31.4 Å². The number of hydrogen-bond acceptors (Lipinski definition) is 5. The first-order chi connectivity index (χ1) is 9.96. The average Bonchev–Trinajstić information content (AvgIpc) is 2.69. The van der Waals surface area contributed by atoms with Crippen LogP contribution in [0.4, 0.5) is 5.13 Å². The van der Waals surface area contributed by atoms with E-state index in [9.17, 15) is 9.59 Å². The highest BCUT2D eigenvalue weighted by Gasteiger charge is 2.16. The van der Waals surface area contributed by atoms with E-state index in [0.717, 1.165) is 4.88 Å². The van der Waals surface area contributed by atoms with Gasteiger partial charge < -0.3 is 10.4 Å². The zero-order valence-electron chi connectivity index (χ0n) is 12.0. The average molecular weight is 309 g/mol. The molecule has 0 radical (unpaired) electrons. The van der Waals surface area contributed by atoms with Crippen molar-refractivity contribution in [1.82, 2.24) is 9.88 Å². The molecule has 1 aromatic rings. The van der Waals surface area contributed by atoms with Gasteiger partial charge in [-0.05, 0) is 0 Å². The first-order valence-corrected chi connectivity index (χ1v) is 7.20. The summed E-state index contributed by atoms with van der Waals surface area (Å²) in [4.78, 5) is 29.1. The van der Waals surface area contributed by atoms with Gasteiger partial charge in [-0.25, -0.2) is 4.98 Å².